The largest absolute Gasteiger partial charge is 0.352 e. The molecule has 2 aliphatic rings. The molecule has 3 nitrogen and oxygen atoms in total. The molecule has 1 amide bonds. The van der Waals surface area contributed by atoms with E-state index in [4.69, 9.17) is 0 Å². The second-order valence-corrected chi connectivity index (χ2v) is 6.47. The molecule has 0 aromatic carbocycles. The van der Waals surface area contributed by atoms with Crippen LogP contribution in [0.25, 0.3) is 0 Å². The maximum absolute atomic E-state index is 12.2. The Hall–Kier alpha value is -0.220. The van der Waals surface area contributed by atoms with Gasteiger partial charge in [0.25, 0.3) is 0 Å². The van der Waals surface area contributed by atoms with Crippen molar-refractivity contribution in [3.63, 3.8) is 0 Å². The van der Waals surface area contributed by atoms with Gasteiger partial charge in [0.2, 0.25) is 5.91 Å². The number of nitrogens with one attached hydrogen (secondary N) is 2. The highest BCUT2D eigenvalue weighted by molar-refractivity contribution is 7.99. The first-order valence-electron chi connectivity index (χ1n) is 6.77. The first-order valence-corrected chi connectivity index (χ1v) is 8.06. The molecule has 4 unspecified atom stereocenters. The standard InChI is InChI=1S/C13H24N2OS/c1-9-8-10(6-7-14-9)13(16)15-11-4-3-5-12(11)17-2/h9-12,14H,3-8H2,1-2H3,(H,15,16). The van der Waals surface area contributed by atoms with Crippen LogP contribution in [0.2, 0.25) is 0 Å². The summed E-state index contributed by atoms with van der Waals surface area (Å²) in [6, 6.07) is 0.905. The lowest BCUT2D eigenvalue weighted by atomic mass is 9.92. The lowest BCUT2D eigenvalue weighted by molar-refractivity contribution is -0.126. The molecule has 0 aromatic heterocycles. The highest BCUT2D eigenvalue weighted by Crippen LogP contribution is 2.29. The van der Waals surface area contributed by atoms with Crippen LogP contribution in [0.5, 0.6) is 0 Å². The molecule has 1 heterocycles. The van der Waals surface area contributed by atoms with Crippen molar-refractivity contribution in [3.8, 4) is 0 Å². The number of carbonyl (C=O) groups is 1. The normalized spacial score (nSPS) is 38.0. The Labute approximate surface area is 108 Å². The molecule has 1 aliphatic carbocycles. The first kappa shape index (κ1) is 13.2. The van der Waals surface area contributed by atoms with Crippen LogP contribution >= 0.6 is 11.8 Å². The average Bonchev–Trinajstić information content (AvgIpc) is 2.76. The Morgan fingerprint density at radius 3 is 2.88 bits per heavy atom. The molecule has 0 aromatic rings. The summed E-state index contributed by atoms with van der Waals surface area (Å²) in [6.07, 6.45) is 7.82. The van der Waals surface area contributed by atoms with Crippen molar-refractivity contribution in [1.82, 2.24) is 10.6 Å². The Kier molecular flexibility index (Phi) is 4.74. The van der Waals surface area contributed by atoms with E-state index in [0.717, 1.165) is 25.8 Å². The highest BCUT2D eigenvalue weighted by Gasteiger charge is 2.31. The van der Waals surface area contributed by atoms with Crippen molar-refractivity contribution in [2.24, 2.45) is 5.92 Å². The second kappa shape index (κ2) is 6.10. The molecule has 1 saturated heterocycles. The van der Waals surface area contributed by atoms with Crippen molar-refractivity contribution in [3.05, 3.63) is 0 Å². The predicted molar refractivity (Wildman–Crippen MR) is 73.3 cm³/mol. The smallest absolute Gasteiger partial charge is 0.223 e. The fraction of sp³-hybridized carbons (Fsp3) is 0.923. The van der Waals surface area contributed by atoms with E-state index in [1.807, 2.05) is 11.8 Å². The summed E-state index contributed by atoms with van der Waals surface area (Å²) < 4.78 is 0. The molecule has 2 N–H and O–H groups in total. The third-order valence-electron chi connectivity index (χ3n) is 4.08. The van der Waals surface area contributed by atoms with Crippen LogP contribution in [0, 0.1) is 5.92 Å². The third kappa shape index (κ3) is 3.38. The van der Waals surface area contributed by atoms with Gasteiger partial charge in [-0.15, -0.1) is 0 Å². The van der Waals surface area contributed by atoms with Crippen LogP contribution in [0.3, 0.4) is 0 Å². The minimum Gasteiger partial charge on any atom is -0.352 e. The third-order valence-corrected chi connectivity index (χ3v) is 5.25. The van der Waals surface area contributed by atoms with E-state index in [-0.39, 0.29) is 5.92 Å². The van der Waals surface area contributed by atoms with E-state index in [0.29, 0.717) is 23.2 Å². The zero-order valence-corrected chi connectivity index (χ0v) is 11.7. The van der Waals surface area contributed by atoms with Gasteiger partial charge in [0.05, 0.1) is 0 Å². The van der Waals surface area contributed by atoms with Gasteiger partial charge >= 0.3 is 0 Å². The maximum Gasteiger partial charge on any atom is 0.223 e. The molecule has 17 heavy (non-hydrogen) atoms. The van der Waals surface area contributed by atoms with Crippen molar-refractivity contribution in [2.45, 2.75) is 56.4 Å². The van der Waals surface area contributed by atoms with Crippen LogP contribution < -0.4 is 10.6 Å². The molecule has 0 radical (unpaired) electrons. The lowest BCUT2D eigenvalue weighted by Crippen LogP contribution is -2.46. The van der Waals surface area contributed by atoms with E-state index < -0.39 is 0 Å². The average molecular weight is 256 g/mol. The van der Waals surface area contributed by atoms with Gasteiger partial charge in [0.1, 0.15) is 0 Å². The molecule has 2 rings (SSSR count). The van der Waals surface area contributed by atoms with Gasteiger partial charge in [-0.2, -0.15) is 11.8 Å². The van der Waals surface area contributed by atoms with Gasteiger partial charge in [-0.1, -0.05) is 6.42 Å². The number of carbonyl (C=O) groups excluding carboxylic acids is 1. The van der Waals surface area contributed by atoms with Crippen molar-refractivity contribution >= 4 is 17.7 Å². The Balaban J connectivity index is 1.83. The van der Waals surface area contributed by atoms with Crippen LogP contribution in [0.4, 0.5) is 0 Å². The molecule has 0 bridgehead atoms. The molecule has 1 saturated carbocycles. The van der Waals surface area contributed by atoms with Crippen LogP contribution in [0.15, 0.2) is 0 Å². The second-order valence-electron chi connectivity index (χ2n) is 5.40. The molecule has 98 valence electrons. The van der Waals surface area contributed by atoms with E-state index in [9.17, 15) is 4.79 Å². The zero-order chi connectivity index (χ0) is 12.3. The van der Waals surface area contributed by atoms with Gasteiger partial charge in [-0.25, -0.2) is 0 Å². The van der Waals surface area contributed by atoms with Gasteiger partial charge in [-0.3, -0.25) is 4.79 Å². The Morgan fingerprint density at radius 1 is 1.35 bits per heavy atom. The van der Waals surface area contributed by atoms with Crippen molar-refractivity contribution in [2.75, 3.05) is 12.8 Å². The lowest BCUT2D eigenvalue weighted by Gasteiger charge is -2.29. The van der Waals surface area contributed by atoms with Gasteiger partial charge in [0.15, 0.2) is 0 Å². The predicted octanol–water partition coefficient (Wildman–Crippen LogP) is 1.77. The maximum atomic E-state index is 12.2. The molecule has 4 atom stereocenters. The van der Waals surface area contributed by atoms with Gasteiger partial charge < -0.3 is 10.6 Å². The number of rotatable bonds is 3. The number of amides is 1. The monoisotopic (exact) mass is 256 g/mol. The van der Waals surface area contributed by atoms with Crippen LogP contribution in [-0.4, -0.2) is 36.0 Å². The van der Waals surface area contributed by atoms with Gasteiger partial charge in [-0.05, 0) is 45.4 Å². The van der Waals surface area contributed by atoms with Crippen molar-refractivity contribution in [1.29, 1.82) is 0 Å². The van der Waals surface area contributed by atoms with Gasteiger partial charge in [0, 0.05) is 23.3 Å². The fourth-order valence-corrected chi connectivity index (χ4v) is 3.98. The summed E-state index contributed by atoms with van der Waals surface area (Å²) in [6.45, 7) is 3.15. The number of hydrogen-bond donors (Lipinski definition) is 2. The molecular weight excluding hydrogens is 232 g/mol. The molecule has 2 fully saturated rings. The Morgan fingerprint density at radius 2 is 2.18 bits per heavy atom. The summed E-state index contributed by atoms with van der Waals surface area (Å²) in [5, 5.41) is 7.32. The summed E-state index contributed by atoms with van der Waals surface area (Å²) >= 11 is 1.90. The number of thioether (sulfide) groups is 1. The number of piperidine rings is 1. The molecule has 1 aliphatic heterocycles. The highest BCUT2D eigenvalue weighted by atomic mass is 32.2. The van der Waals surface area contributed by atoms with E-state index in [2.05, 4.69) is 23.8 Å². The van der Waals surface area contributed by atoms with E-state index in [1.165, 1.54) is 12.8 Å². The zero-order valence-electron chi connectivity index (χ0n) is 10.9. The van der Waals surface area contributed by atoms with E-state index >= 15 is 0 Å². The minimum atomic E-state index is 0.231. The quantitative estimate of drug-likeness (QED) is 0.808. The van der Waals surface area contributed by atoms with Crippen LogP contribution in [0.1, 0.15) is 39.0 Å². The molecule has 0 spiro atoms. The first-order chi connectivity index (χ1) is 8.20. The van der Waals surface area contributed by atoms with Crippen LogP contribution in [-0.2, 0) is 4.79 Å². The minimum absolute atomic E-state index is 0.231. The number of hydrogen-bond acceptors (Lipinski definition) is 3. The fourth-order valence-electron chi connectivity index (χ4n) is 3.04. The van der Waals surface area contributed by atoms with E-state index in [1.54, 1.807) is 0 Å². The van der Waals surface area contributed by atoms with Crippen molar-refractivity contribution < 1.29 is 4.79 Å². The molecule has 4 heteroatoms. The summed E-state index contributed by atoms with van der Waals surface area (Å²) in [5.41, 5.74) is 0. The summed E-state index contributed by atoms with van der Waals surface area (Å²) in [7, 11) is 0. The summed E-state index contributed by atoms with van der Waals surface area (Å²) in [5.74, 6) is 0.527. The summed E-state index contributed by atoms with van der Waals surface area (Å²) in [4.78, 5) is 12.2. The SMILES string of the molecule is CSC1CCCC1NC(=O)C1CCNC(C)C1. The Bertz CT molecular complexity index is 272. The molecular formula is C13H24N2OS. The topological polar surface area (TPSA) is 41.1 Å².